The van der Waals surface area contributed by atoms with E-state index in [2.05, 4.69) is 27.7 Å². The Balaban J connectivity index is 1.26. The molecule has 0 aromatic rings. The lowest BCUT2D eigenvalue weighted by molar-refractivity contribution is -0.273. The highest BCUT2D eigenvalue weighted by molar-refractivity contribution is 5.15. The van der Waals surface area contributed by atoms with Gasteiger partial charge in [0.05, 0.1) is 18.8 Å². The van der Waals surface area contributed by atoms with E-state index in [4.69, 9.17) is 9.47 Å². The van der Waals surface area contributed by atoms with Crippen LogP contribution in [0.4, 0.5) is 0 Å². The summed E-state index contributed by atoms with van der Waals surface area (Å²) >= 11 is 0. The van der Waals surface area contributed by atoms with E-state index in [-0.39, 0.29) is 11.9 Å². The Hall–Kier alpha value is -0.120. The summed E-state index contributed by atoms with van der Waals surface area (Å²) in [6.07, 6.45) is 12.9. The Morgan fingerprint density at radius 1 is 0.833 bits per heavy atom. The molecule has 0 aromatic heterocycles. The third-order valence-electron chi connectivity index (χ3n) is 11.9. The molecule has 12 atom stereocenters. The number of hydrogen-bond acceptors (Lipinski definition) is 3. The number of rotatable bonds is 0. The summed E-state index contributed by atoms with van der Waals surface area (Å²) in [5, 5.41) is 10.3. The molecule has 6 aliphatic rings. The van der Waals surface area contributed by atoms with E-state index in [1.807, 2.05) is 0 Å². The van der Waals surface area contributed by atoms with E-state index >= 15 is 0 Å². The molecule has 2 aliphatic heterocycles. The second-order valence-corrected chi connectivity index (χ2v) is 13.1. The van der Waals surface area contributed by atoms with Crippen LogP contribution < -0.4 is 0 Å². The second-order valence-electron chi connectivity index (χ2n) is 13.1. The van der Waals surface area contributed by atoms with Gasteiger partial charge in [0, 0.05) is 12.3 Å². The van der Waals surface area contributed by atoms with Crippen molar-refractivity contribution in [1.29, 1.82) is 0 Å². The highest BCUT2D eigenvalue weighted by atomic mass is 16.7. The molecule has 0 amide bonds. The minimum absolute atomic E-state index is 0.0389. The molecule has 0 aromatic carbocycles. The van der Waals surface area contributed by atoms with Crippen molar-refractivity contribution in [2.24, 2.45) is 52.3 Å². The van der Waals surface area contributed by atoms with Gasteiger partial charge in [0.15, 0.2) is 5.79 Å². The zero-order valence-corrected chi connectivity index (χ0v) is 19.7. The zero-order chi connectivity index (χ0) is 20.9. The standard InChI is InChI=1S/C27H44O3/c1-16-7-12-27(29-15-16)17(2)24-23(30-27)14-22-20-6-5-18-13-19(28)8-10-25(18,3)21(20)9-11-26(22,24)4/h16-24,28H,5-15H2,1-4H3/t16?,17?,18-,19-,20?,21?,22?,23+,24?,25+,26+,27-/m1/s1. The van der Waals surface area contributed by atoms with Crippen LogP contribution in [-0.2, 0) is 9.47 Å². The van der Waals surface area contributed by atoms with Gasteiger partial charge >= 0.3 is 0 Å². The van der Waals surface area contributed by atoms with Crippen LogP contribution in [-0.4, -0.2) is 29.7 Å². The number of aliphatic hydroxyl groups excluding tert-OH is 1. The molecule has 3 nitrogen and oxygen atoms in total. The molecule has 30 heavy (non-hydrogen) atoms. The van der Waals surface area contributed by atoms with E-state index < -0.39 is 0 Å². The summed E-state index contributed by atoms with van der Waals surface area (Å²) < 4.78 is 13.4. The highest BCUT2D eigenvalue weighted by Gasteiger charge is 2.69. The molecular formula is C27H44O3. The maximum atomic E-state index is 10.3. The van der Waals surface area contributed by atoms with Crippen LogP contribution in [0.15, 0.2) is 0 Å². The average molecular weight is 417 g/mol. The van der Waals surface area contributed by atoms with E-state index in [1.165, 1.54) is 44.9 Å². The van der Waals surface area contributed by atoms with E-state index in [9.17, 15) is 5.11 Å². The van der Waals surface area contributed by atoms with Crippen molar-refractivity contribution < 1.29 is 14.6 Å². The average Bonchev–Trinajstić information content (AvgIpc) is 3.16. The number of aliphatic hydroxyl groups is 1. The SMILES string of the molecule is CC1CC[C@@]2(OC1)O[C@H]1CC3C4CC[C@@H]5C[C@H](O)CC[C@]5(C)C4CC[C@]3(C)C1C2C. The molecule has 1 N–H and O–H groups in total. The number of hydrogen-bond donors (Lipinski definition) is 1. The van der Waals surface area contributed by atoms with Gasteiger partial charge in [0.25, 0.3) is 0 Å². The largest absolute Gasteiger partial charge is 0.393 e. The smallest absolute Gasteiger partial charge is 0.171 e. The van der Waals surface area contributed by atoms with Gasteiger partial charge in [-0.15, -0.1) is 0 Å². The molecular weight excluding hydrogens is 372 g/mol. The van der Waals surface area contributed by atoms with Gasteiger partial charge in [-0.25, -0.2) is 0 Å². The summed E-state index contributed by atoms with van der Waals surface area (Å²) in [6, 6.07) is 0. The first kappa shape index (κ1) is 20.5. The van der Waals surface area contributed by atoms with Crippen LogP contribution in [0.3, 0.4) is 0 Å². The molecule has 3 heteroatoms. The van der Waals surface area contributed by atoms with Gasteiger partial charge in [0.1, 0.15) is 0 Å². The van der Waals surface area contributed by atoms with Gasteiger partial charge < -0.3 is 14.6 Å². The van der Waals surface area contributed by atoms with E-state index in [0.717, 1.165) is 49.5 Å². The molecule has 4 aliphatic carbocycles. The van der Waals surface area contributed by atoms with Crippen molar-refractivity contribution in [2.75, 3.05) is 6.61 Å². The Labute approximate surface area is 183 Å². The van der Waals surface area contributed by atoms with Gasteiger partial charge in [0.2, 0.25) is 0 Å². The van der Waals surface area contributed by atoms with E-state index in [0.29, 0.717) is 34.7 Å². The quantitative estimate of drug-likeness (QED) is 0.543. The Bertz CT molecular complexity index is 684. The summed E-state index contributed by atoms with van der Waals surface area (Å²) in [6.45, 7) is 10.9. The van der Waals surface area contributed by atoms with E-state index in [1.54, 1.807) is 0 Å². The van der Waals surface area contributed by atoms with Crippen LogP contribution in [0.5, 0.6) is 0 Å². The van der Waals surface area contributed by atoms with Crippen LogP contribution >= 0.6 is 0 Å². The first-order valence-electron chi connectivity index (χ1n) is 13.3. The fraction of sp³-hybridized carbons (Fsp3) is 1.00. The maximum Gasteiger partial charge on any atom is 0.171 e. The maximum absolute atomic E-state index is 10.3. The van der Waals surface area contributed by atoms with Crippen LogP contribution in [0.1, 0.15) is 91.9 Å². The Morgan fingerprint density at radius 3 is 2.40 bits per heavy atom. The molecule has 6 rings (SSSR count). The molecule has 2 saturated heterocycles. The minimum Gasteiger partial charge on any atom is -0.393 e. The fourth-order valence-electron chi connectivity index (χ4n) is 10.3. The Kier molecular flexibility index (Phi) is 4.58. The van der Waals surface area contributed by atoms with Crippen LogP contribution in [0.2, 0.25) is 0 Å². The molecule has 4 saturated carbocycles. The summed E-state index contributed by atoms with van der Waals surface area (Å²) in [5.41, 5.74) is 0.899. The van der Waals surface area contributed by atoms with Crippen molar-refractivity contribution in [3.05, 3.63) is 0 Å². The van der Waals surface area contributed by atoms with Crippen molar-refractivity contribution in [1.82, 2.24) is 0 Å². The summed E-state index contributed by atoms with van der Waals surface area (Å²) in [5.74, 6) is 4.93. The lowest BCUT2D eigenvalue weighted by Gasteiger charge is -2.61. The molecule has 6 fully saturated rings. The predicted octanol–water partition coefficient (Wildman–Crippen LogP) is 5.79. The minimum atomic E-state index is -0.282. The van der Waals surface area contributed by atoms with Crippen molar-refractivity contribution in [2.45, 2.75) is 110 Å². The van der Waals surface area contributed by atoms with Crippen molar-refractivity contribution in [3.8, 4) is 0 Å². The normalized spacial score (nSPS) is 62.5. The summed E-state index contributed by atoms with van der Waals surface area (Å²) in [7, 11) is 0. The van der Waals surface area contributed by atoms with Gasteiger partial charge in [-0.05, 0) is 104 Å². The van der Waals surface area contributed by atoms with Crippen LogP contribution in [0.25, 0.3) is 0 Å². The lowest BCUT2D eigenvalue weighted by Crippen LogP contribution is -2.55. The molecule has 1 spiro atoms. The molecule has 0 bridgehead atoms. The molecule has 170 valence electrons. The predicted molar refractivity (Wildman–Crippen MR) is 118 cm³/mol. The van der Waals surface area contributed by atoms with Crippen LogP contribution in [0, 0.1) is 52.3 Å². The Morgan fingerprint density at radius 2 is 1.63 bits per heavy atom. The fourth-order valence-corrected chi connectivity index (χ4v) is 10.3. The van der Waals surface area contributed by atoms with Crippen molar-refractivity contribution >= 4 is 0 Å². The lowest BCUT2D eigenvalue weighted by atomic mass is 9.44. The van der Waals surface area contributed by atoms with Gasteiger partial charge in [-0.2, -0.15) is 0 Å². The second kappa shape index (κ2) is 6.70. The number of ether oxygens (including phenoxy) is 2. The third kappa shape index (κ3) is 2.61. The molecule has 6 unspecified atom stereocenters. The van der Waals surface area contributed by atoms with Gasteiger partial charge in [-0.3, -0.25) is 0 Å². The van der Waals surface area contributed by atoms with Gasteiger partial charge in [-0.1, -0.05) is 27.7 Å². The third-order valence-corrected chi connectivity index (χ3v) is 11.9. The monoisotopic (exact) mass is 416 g/mol. The summed E-state index contributed by atoms with van der Waals surface area (Å²) in [4.78, 5) is 0. The zero-order valence-electron chi connectivity index (χ0n) is 19.7. The molecule has 2 heterocycles. The first-order chi connectivity index (χ1) is 14.3. The first-order valence-corrected chi connectivity index (χ1v) is 13.3. The van der Waals surface area contributed by atoms with Crippen molar-refractivity contribution in [3.63, 3.8) is 0 Å². The topological polar surface area (TPSA) is 38.7 Å². The highest BCUT2D eigenvalue weighted by Crippen LogP contribution is 2.71. The number of fused-ring (bicyclic) bond motifs is 7. The molecule has 0 radical (unpaired) electrons.